The van der Waals surface area contributed by atoms with Gasteiger partial charge in [-0.1, -0.05) is 6.92 Å². The molecule has 0 unspecified atom stereocenters. The lowest BCUT2D eigenvalue weighted by molar-refractivity contribution is -0.138. The predicted molar refractivity (Wildman–Crippen MR) is 87.7 cm³/mol. The molecule has 0 aliphatic rings. The van der Waals surface area contributed by atoms with Crippen LogP contribution >= 0.6 is 0 Å². The van der Waals surface area contributed by atoms with E-state index in [1.54, 1.807) is 25.1 Å². The van der Waals surface area contributed by atoms with E-state index in [9.17, 15) is 14.4 Å². The van der Waals surface area contributed by atoms with E-state index in [1.165, 1.54) is 21.3 Å². The number of carbonyl (C=O) groups is 3. The van der Waals surface area contributed by atoms with Crippen molar-refractivity contribution >= 4 is 29.2 Å². The van der Waals surface area contributed by atoms with E-state index in [0.717, 1.165) is 6.08 Å². The van der Waals surface area contributed by atoms with Crippen LogP contribution in [0.5, 0.6) is 5.75 Å². The molecule has 0 aromatic heterocycles. The van der Waals surface area contributed by atoms with E-state index < -0.39 is 11.9 Å². The summed E-state index contributed by atoms with van der Waals surface area (Å²) in [5.41, 5.74) is 0.737. The Bertz CT molecular complexity index is 654. The maximum Gasteiger partial charge on any atom is 0.354 e. The molecule has 130 valence electrons. The summed E-state index contributed by atoms with van der Waals surface area (Å²) in [7, 11) is 3.83. The van der Waals surface area contributed by atoms with Gasteiger partial charge in [0, 0.05) is 12.1 Å². The van der Waals surface area contributed by atoms with Crippen LogP contribution in [0.25, 0.3) is 0 Å². The number of carbonyl (C=O) groups excluding carboxylic acids is 3. The van der Waals surface area contributed by atoms with Crippen LogP contribution in [-0.4, -0.2) is 39.2 Å². The smallest absolute Gasteiger partial charge is 0.354 e. The fraction of sp³-hybridized carbons (Fsp3) is 0.312. The van der Waals surface area contributed by atoms with E-state index in [1.807, 2.05) is 0 Å². The number of ether oxygens (including phenoxy) is 3. The summed E-state index contributed by atoms with van der Waals surface area (Å²) < 4.78 is 14.3. The molecule has 0 saturated carbocycles. The van der Waals surface area contributed by atoms with Crippen LogP contribution in [0.2, 0.25) is 0 Å². The third-order valence-electron chi connectivity index (χ3n) is 2.94. The van der Waals surface area contributed by atoms with E-state index in [0.29, 0.717) is 23.5 Å². The summed E-state index contributed by atoms with van der Waals surface area (Å²) in [5.74, 6) is -1.24. The highest BCUT2D eigenvalue weighted by atomic mass is 16.5. The fourth-order valence-corrected chi connectivity index (χ4v) is 1.71. The zero-order chi connectivity index (χ0) is 18.1. The van der Waals surface area contributed by atoms with Crippen LogP contribution in [0.15, 0.2) is 30.0 Å². The Labute approximate surface area is 139 Å². The number of amides is 1. The van der Waals surface area contributed by atoms with Gasteiger partial charge in [-0.05, 0) is 18.2 Å². The third kappa shape index (κ3) is 5.31. The normalized spacial score (nSPS) is 10.6. The number of hydrogen-bond acceptors (Lipinski definition) is 7. The standard InChI is InChI=1S/C16H20N2O6/c1-5-14(19)17-10-6-7-13(22-2)11(8-10)18-12(16(21)24-4)9-15(20)23-3/h6-9,18H,5H2,1-4H3,(H,17,19)/b12-9+. The molecule has 0 heterocycles. The van der Waals surface area contributed by atoms with Crippen molar-refractivity contribution in [3.8, 4) is 5.75 Å². The van der Waals surface area contributed by atoms with Crippen molar-refractivity contribution in [1.82, 2.24) is 0 Å². The van der Waals surface area contributed by atoms with E-state index in [-0.39, 0.29) is 11.6 Å². The van der Waals surface area contributed by atoms with Crippen molar-refractivity contribution in [1.29, 1.82) is 0 Å². The topological polar surface area (TPSA) is 103 Å². The number of hydrogen-bond donors (Lipinski definition) is 2. The first-order valence-electron chi connectivity index (χ1n) is 7.08. The van der Waals surface area contributed by atoms with E-state index in [4.69, 9.17) is 4.74 Å². The van der Waals surface area contributed by atoms with Gasteiger partial charge in [0.25, 0.3) is 0 Å². The lowest BCUT2D eigenvalue weighted by Crippen LogP contribution is -2.16. The second-order valence-corrected chi connectivity index (χ2v) is 4.51. The molecule has 1 aromatic rings. The maximum atomic E-state index is 11.8. The zero-order valence-corrected chi connectivity index (χ0v) is 14.0. The van der Waals surface area contributed by atoms with Gasteiger partial charge < -0.3 is 24.8 Å². The average Bonchev–Trinajstić information content (AvgIpc) is 2.60. The third-order valence-corrected chi connectivity index (χ3v) is 2.94. The van der Waals surface area contributed by atoms with Gasteiger partial charge in [-0.2, -0.15) is 0 Å². The lowest BCUT2D eigenvalue weighted by atomic mass is 10.2. The zero-order valence-electron chi connectivity index (χ0n) is 14.0. The Kier molecular flexibility index (Phi) is 7.28. The number of methoxy groups -OCH3 is 3. The minimum Gasteiger partial charge on any atom is -0.495 e. The molecule has 2 N–H and O–H groups in total. The molecule has 0 atom stereocenters. The van der Waals surface area contributed by atoms with E-state index in [2.05, 4.69) is 20.1 Å². The predicted octanol–water partition coefficient (Wildman–Crippen LogP) is 1.69. The maximum absolute atomic E-state index is 11.8. The van der Waals surface area contributed by atoms with Crippen molar-refractivity contribution in [2.24, 2.45) is 0 Å². The summed E-state index contributed by atoms with van der Waals surface area (Å²) in [6.07, 6.45) is 1.28. The highest BCUT2D eigenvalue weighted by molar-refractivity contribution is 5.99. The van der Waals surface area contributed by atoms with Crippen LogP contribution in [0, 0.1) is 0 Å². The summed E-state index contributed by atoms with van der Waals surface area (Å²) in [6, 6.07) is 4.83. The molecule has 0 radical (unpaired) electrons. The van der Waals surface area contributed by atoms with Gasteiger partial charge in [-0.15, -0.1) is 0 Å². The molecule has 0 spiro atoms. The Morgan fingerprint density at radius 3 is 2.33 bits per heavy atom. The van der Waals surface area contributed by atoms with Crippen molar-refractivity contribution in [2.45, 2.75) is 13.3 Å². The van der Waals surface area contributed by atoms with Crippen LogP contribution < -0.4 is 15.4 Å². The first kappa shape index (κ1) is 19.0. The molecule has 0 aliphatic heterocycles. The molecule has 8 nitrogen and oxygen atoms in total. The van der Waals surface area contributed by atoms with Crippen molar-refractivity contribution in [3.63, 3.8) is 0 Å². The highest BCUT2D eigenvalue weighted by Crippen LogP contribution is 2.29. The Morgan fingerprint density at radius 1 is 1.08 bits per heavy atom. The molecular formula is C16H20N2O6. The molecule has 8 heteroatoms. The Hall–Kier alpha value is -3.03. The lowest BCUT2D eigenvalue weighted by Gasteiger charge is -2.14. The number of anilines is 2. The second kappa shape index (κ2) is 9.19. The van der Waals surface area contributed by atoms with Gasteiger partial charge in [0.15, 0.2) is 0 Å². The molecule has 0 bridgehead atoms. The van der Waals surface area contributed by atoms with Gasteiger partial charge in [0.2, 0.25) is 5.91 Å². The van der Waals surface area contributed by atoms with E-state index >= 15 is 0 Å². The Morgan fingerprint density at radius 2 is 1.79 bits per heavy atom. The van der Waals surface area contributed by atoms with Gasteiger partial charge in [0.1, 0.15) is 11.4 Å². The van der Waals surface area contributed by atoms with Gasteiger partial charge in [-0.25, -0.2) is 9.59 Å². The first-order chi connectivity index (χ1) is 11.4. The second-order valence-electron chi connectivity index (χ2n) is 4.51. The fourth-order valence-electron chi connectivity index (χ4n) is 1.71. The number of nitrogens with one attached hydrogen (secondary N) is 2. The highest BCUT2D eigenvalue weighted by Gasteiger charge is 2.15. The van der Waals surface area contributed by atoms with Crippen molar-refractivity contribution in [3.05, 3.63) is 30.0 Å². The molecule has 0 aliphatic carbocycles. The molecular weight excluding hydrogens is 316 g/mol. The van der Waals surface area contributed by atoms with Crippen LogP contribution in [0.4, 0.5) is 11.4 Å². The molecule has 1 aromatic carbocycles. The van der Waals surface area contributed by atoms with Crippen LogP contribution in [0.1, 0.15) is 13.3 Å². The molecule has 1 amide bonds. The van der Waals surface area contributed by atoms with Crippen LogP contribution in [-0.2, 0) is 23.9 Å². The van der Waals surface area contributed by atoms with Gasteiger partial charge in [-0.3, -0.25) is 4.79 Å². The minimum absolute atomic E-state index is 0.137. The molecule has 0 saturated heterocycles. The minimum atomic E-state index is -0.759. The summed E-state index contributed by atoms with van der Waals surface area (Å²) >= 11 is 0. The summed E-state index contributed by atoms with van der Waals surface area (Å²) in [6.45, 7) is 1.73. The van der Waals surface area contributed by atoms with Gasteiger partial charge in [0.05, 0.1) is 33.1 Å². The van der Waals surface area contributed by atoms with Crippen molar-refractivity contribution in [2.75, 3.05) is 32.0 Å². The molecule has 0 fully saturated rings. The monoisotopic (exact) mass is 336 g/mol. The molecule has 1 rings (SSSR count). The summed E-state index contributed by atoms with van der Waals surface area (Å²) in [4.78, 5) is 34.7. The number of rotatable bonds is 7. The quantitative estimate of drug-likeness (QED) is 0.577. The number of esters is 2. The molecule has 24 heavy (non-hydrogen) atoms. The summed E-state index contributed by atoms with van der Waals surface area (Å²) in [5, 5.41) is 5.45. The van der Waals surface area contributed by atoms with Crippen molar-refractivity contribution < 1.29 is 28.6 Å². The Balaban J connectivity index is 3.18. The number of benzene rings is 1. The SMILES string of the molecule is CCC(=O)Nc1ccc(OC)c(N/C(=C/C(=O)OC)C(=O)OC)c1. The van der Waals surface area contributed by atoms with Crippen LogP contribution in [0.3, 0.4) is 0 Å². The largest absolute Gasteiger partial charge is 0.495 e. The van der Waals surface area contributed by atoms with Gasteiger partial charge >= 0.3 is 11.9 Å². The average molecular weight is 336 g/mol. The first-order valence-corrected chi connectivity index (χ1v) is 7.08.